The van der Waals surface area contributed by atoms with Crippen LogP contribution in [-0.4, -0.2) is 31.3 Å². The predicted octanol–water partition coefficient (Wildman–Crippen LogP) is 6.54. The molecule has 0 aromatic heterocycles. The Bertz CT molecular complexity index is 739. The van der Waals surface area contributed by atoms with Gasteiger partial charge in [0.15, 0.2) is 0 Å². The number of hydrogen-bond acceptors (Lipinski definition) is 4. The van der Waals surface area contributed by atoms with Crippen LogP contribution in [0.15, 0.2) is 30.3 Å². The van der Waals surface area contributed by atoms with Crippen LogP contribution < -0.4 is 10.1 Å². The van der Waals surface area contributed by atoms with Crippen molar-refractivity contribution in [1.29, 1.82) is 0 Å². The molecule has 1 aliphatic heterocycles. The third-order valence-corrected chi connectivity index (χ3v) is 7.08. The van der Waals surface area contributed by atoms with Gasteiger partial charge in [0, 0.05) is 12.5 Å². The maximum absolute atomic E-state index is 11.5. The smallest absolute Gasteiger partial charge is 0.305 e. The Balaban J connectivity index is 1.46. The zero-order valence-corrected chi connectivity index (χ0v) is 20.6. The van der Waals surface area contributed by atoms with Crippen molar-refractivity contribution in [3.63, 3.8) is 0 Å². The zero-order valence-electron chi connectivity index (χ0n) is 20.6. The first-order valence-electron chi connectivity index (χ1n) is 12.7. The number of nitrogens with one attached hydrogen (secondary N) is 1. The molecule has 1 aromatic rings. The van der Waals surface area contributed by atoms with Gasteiger partial charge in [-0.2, -0.15) is 0 Å². The third-order valence-electron chi connectivity index (χ3n) is 7.08. The molecule has 4 heteroatoms. The van der Waals surface area contributed by atoms with Gasteiger partial charge in [0.2, 0.25) is 0 Å². The molecule has 1 aliphatic carbocycles. The van der Waals surface area contributed by atoms with Crippen LogP contribution >= 0.6 is 0 Å². The number of esters is 1. The quantitative estimate of drug-likeness (QED) is 0.349. The molecule has 2 aliphatic rings. The molecule has 4 nitrogen and oxygen atoms in total. The second-order valence-corrected chi connectivity index (χ2v) is 10.5. The van der Waals surface area contributed by atoms with Crippen molar-refractivity contribution in [2.24, 2.45) is 11.3 Å². The molecule has 0 spiro atoms. The molecule has 1 fully saturated rings. The van der Waals surface area contributed by atoms with Crippen LogP contribution in [0.25, 0.3) is 5.57 Å². The summed E-state index contributed by atoms with van der Waals surface area (Å²) < 4.78 is 11.3. The van der Waals surface area contributed by atoms with Crippen LogP contribution in [0.1, 0.15) is 91.0 Å². The maximum Gasteiger partial charge on any atom is 0.305 e. The minimum absolute atomic E-state index is 0.0788. The molecule has 0 amide bonds. The SMILES string of the molecule is CCOC(=O)CCCCC1C=C(c2ccc(O[C@H]3CC[C@H](C(C)(C)C)CC3)cc2)CCN1. The van der Waals surface area contributed by atoms with Gasteiger partial charge in [0.25, 0.3) is 0 Å². The molecule has 1 saturated carbocycles. The van der Waals surface area contributed by atoms with E-state index in [1.807, 2.05) is 6.92 Å². The minimum atomic E-state index is -0.0788. The highest BCUT2D eigenvalue weighted by atomic mass is 16.5. The van der Waals surface area contributed by atoms with E-state index in [4.69, 9.17) is 9.47 Å². The van der Waals surface area contributed by atoms with Gasteiger partial charge < -0.3 is 14.8 Å². The topological polar surface area (TPSA) is 47.6 Å². The third kappa shape index (κ3) is 7.65. The lowest BCUT2D eigenvalue weighted by molar-refractivity contribution is -0.143. The molecular formula is C28H43NO3. The van der Waals surface area contributed by atoms with E-state index in [1.165, 1.54) is 36.8 Å². The molecule has 1 aromatic carbocycles. The minimum Gasteiger partial charge on any atom is -0.490 e. The van der Waals surface area contributed by atoms with Crippen molar-refractivity contribution >= 4 is 11.5 Å². The Morgan fingerprint density at radius 2 is 1.78 bits per heavy atom. The van der Waals surface area contributed by atoms with Gasteiger partial charge in [-0.25, -0.2) is 0 Å². The Morgan fingerprint density at radius 3 is 2.44 bits per heavy atom. The fraction of sp³-hybridized carbons (Fsp3) is 0.679. The first kappa shape index (κ1) is 24.8. The summed E-state index contributed by atoms with van der Waals surface area (Å²) in [5, 5.41) is 3.59. The van der Waals surface area contributed by atoms with E-state index in [-0.39, 0.29) is 5.97 Å². The Morgan fingerprint density at radius 1 is 1.06 bits per heavy atom. The summed E-state index contributed by atoms with van der Waals surface area (Å²) in [5.74, 6) is 1.73. The van der Waals surface area contributed by atoms with Crippen molar-refractivity contribution in [2.45, 2.75) is 97.6 Å². The Hall–Kier alpha value is -1.81. The Kier molecular flexibility index (Phi) is 9.22. The molecule has 0 radical (unpaired) electrons. The van der Waals surface area contributed by atoms with E-state index < -0.39 is 0 Å². The van der Waals surface area contributed by atoms with Crippen LogP contribution in [0.4, 0.5) is 0 Å². The van der Waals surface area contributed by atoms with E-state index in [0.717, 1.165) is 43.9 Å². The maximum atomic E-state index is 11.5. The van der Waals surface area contributed by atoms with Crippen LogP contribution in [-0.2, 0) is 9.53 Å². The lowest BCUT2D eigenvalue weighted by Gasteiger charge is -2.37. The van der Waals surface area contributed by atoms with E-state index in [1.54, 1.807) is 0 Å². The zero-order chi connectivity index (χ0) is 23.0. The van der Waals surface area contributed by atoms with Gasteiger partial charge in [-0.05, 0) is 93.0 Å². The summed E-state index contributed by atoms with van der Waals surface area (Å²) in [6.45, 7) is 10.4. The van der Waals surface area contributed by atoms with Crippen molar-refractivity contribution < 1.29 is 14.3 Å². The lowest BCUT2D eigenvalue weighted by atomic mass is 9.72. The largest absolute Gasteiger partial charge is 0.490 e. The monoisotopic (exact) mass is 441 g/mol. The van der Waals surface area contributed by atoms with Gasteiger partial charge in [-0.15, -0.1) is 0 Å². The fourth-order valence-corrected chi connectivity index (χ4v) is 5.06. The van der Waals surface area contributed by atoms with Crippen LogP contribution in [0.2, 0.25) is 0 Å². The van der Waals surface area contributed by atoms with Crippen molar-refractivity contribution in [1.82, 2.24) is 5.32 Å². The molecular weight excluding hydrogens is 398 g/mol. The molecule has 32 heavy (non-hydrogen) atoms. The summed E-state index contributed by atoms with van der Waals surface area (Å²) in [4.78, 5) is 11.5. The van der Waals surface area contributed by atoms with E-state index in [9.17, 15) is 4.79 Å². The number of benzene rings is 1. The van der Waals surface area contributed by atoms with E-state index >= 15 is 0 Å². The number of carbonyl (C=O) groups is 1. The average molecular weight is 442 g/mol. The summed E-state index contributed by atoms with van der Waals surface area (Å²) in [7, 11) is 0. The summed E-state index contributed by atoms with van der Waals surface area (Å²) in [5.41, 5.74) is 3.12. The van der Waals surface area contributed by atoms with Gasteiger partial charge >= 0.3 is 5.97 Å². The molecule has 178 valence electrons. The second-order valence-electron chi connectivity index (χ2n) is 10.5. The van der Waals surface area contributed by atoms with Gasteiger partial charge in [-0.1, -0.05) is 45.4 Å². The normalized spacial score (nSPS) is 24.0. The van der Waals surface area contributed by atoms with E-state index in [2.05, 4.69) is 56.4 Å². The average Bonchev–Trinajstić information content (AvgIpc) is 2.77. The molecule has 1 unspecified atom stereocenters. The Labute approximate surface area is 195 Å². The molecule has 3 rings (SSSR count). The standard InChI is InChI=1S/C28H43NO3/c1-5-31-27(30)9-7-6-8-24-20-22(18-19-29-24)21-10-14-25(15-11-21)32-26-16-12-23(13-17-26)28(2,3)4/h10-11,14-15,20,23-24,26,29H,5-9,12-13,16-19H2,1-4H3/t23-,24?,26-. The molecule has 1 atom stereocenters. The summed E-state index contributed by atoms with van der Waals surface area (Å²) in [6, 6.07) is 9.09. The number of carbonyl (C=O) groups excluding carboxylic acids is 1. The highest BCUT2D eigenvalue weighted by molar-refractivity contribution is 5.69. The molecule has 1 heterocycles. The number of ether oxygens (including phenoxy) is 2. The first-order chi connectivity index (χ1) is 15.3. The van der Waals surface area contributed by atoms with Gasteiger partial charge in [0.05, 0.1) is 12.7 Å². The number of unbranched alkanes of at least 4 members (excludes halogenated alkanes) is 1. The molecule has 0 saturated heterocycles. The van der Waals surface area contributed by atoms with Crippen molar-refractivity contribution in [2.75, 3.05) is 13.2 Å². The predicted molar refractivity (Wildman–Crippen MR) is 132 cm³/mol. The number of hydrogen-bond donors (Lipinski definition) is 1. The first-order valence-corrected chi connectivity index (χ1v) is 12.7. The molecule has 0 bridgehead atoms. The summed E-state index contributed by atoms with van der Waals surface area (Å²) >= 11 is 0. The van der Waals surface area contributed by atoms with Crippen molar-refractivity contribution in [3.05, 3.63) is 35.9 Å². The van der Waals surface area contributed by atoms with Crippen molar-refractivity contribution in [3.8, 4) is 5.75 Å². The molecule has 1 N–H and O–H groups in total. The van der Waals surface area contributed by atoms with E-state index in [0.29, 0.717) is 30.6 Å². The highest BCUT2D eigenvalue weighted by Crippen LogP contribution is 2.38. The van der Waals surface area contributed by atoms with Crippen LogP contribution in [0, 0.1) is 11.3 Å². The van der Waals surface area contributed by atoms with Crippen LogP contribution in [0.3, 0.4) is 0 Å². The van der Waals surface area contributed by atoms with Gasteiger partial charge in [-0.3, -0.25) is 4.79 Å². The lowest BCUT2D eigenvalue weighted by Crippen LogP contribution is -2.32. The second kappa shape index (κ2) is 11.9. The fourth-order valence-electron chi connectivity index (χ4n) is 5.06. The van der Waals surface area contributed by atoms with Gasteiger partial charge in [0.1, 0.15) is 5.75 Å². The van der Waals surface area contributed by atoms with Crippen LogP contribution in [0.5, 0.6) is 5.75 Å². The number of rotatable bonds is 9. The highest BCUT2D eigenvalue weighted by Gasteiger charge is 2.30. The summed E-state index contributed by atoms with van der Waals surface area (Å²) in [6.07, 6.45) is 12.2.